The van der Waals surface area contributed by atoms with Crippen molar-refractivity contribution in [2.75, 3.05) is 111 Å². The molecule has 5 saturated heterocycles. The van der Waals surface area contributed by atoms with Crippen LogP contribution in [0.2, 0.25) is 0 Å². The lowest BCUT2D eigenvalue weighted by Crippen LogP contribution is -2.70. The highest BCUT2D eigenvalue weighted by Crippen LogP contribution is 2.52. The van der Waals surface area contributed by atoms with Crippen molar-refractivity contribution in [3.8, 4) is 22.5 Å². The molecule has 18 heteroatoms. The molecule has 8 aliphatic rings. The molecule has 2 N–H and O–H groups in total. The van der Waals surface area contributed by atoms with Crippen LogP contribution in [0.3, 0.4) is 0 Å². The van der Waals surface area contributed by atoms with E-state index in [1.165, 1.54) is 18.4 Å². The summed E-state index contributed by atoms with van der Waals surface area (Å²) < 4.78 is 26.3. The number of fused-ring (bicyclic) bond motifs is 6. The number of aromatic nitrogens is 3. The van der Waals surface area contributed by atoms with Gasteiger partial charge in [-0.2, -0.15) is 0 Å². The van der Waals surface area contributed by atoms with Gasteiger partial charge in [-0.05, 0) is 80.5 Å². The summed E-state index contributed by atoms with van der Waals surface area (Å²) in [5.41, 5.74) is 11.2. The molecule has 410 valence electrons. The maximum absolute atomic E-state index is 15.3. The average Bonchev–Trinajstić information content (AvgIpc) is 4.29. The predicted molar refractivity (Wildman–Crippen MR) is 293 cm³/mol. The number of cyclic esters (lactones) is 1. The summed E-state index contributed by atoms with van der Waals surface area (Å²) in [5.74, 6) is -0.129. The molecule has 12 rings (SSSR count). The molecule has 6 aliphatic heterocycles. The van der Waals surface area contributed by atoms with Gasteiger partial charge in [0.25, 0.3) is 5.91 Å². The summed E-state index contributed by atoms with van der Waals surface area (Å²) in [7, 11) is 3.53. The molecule has 1 aromatic carbocycles. The van der Waals surface area contributed by atoms with Crippen LogP contribution < -0.4 is 15.6 Å². The first-order valence-electron chi connectivity index (χ1n) is 28.4. The molecular weight excluding hydrogens is 981 g/mol. The van der Waals surface area contributed by atoms with Crippen LogP contribution in [0, 0.1) is 34.5 Å². The summed E-state index contributed by atoms with van der Waals surface area (Å²) in [6.45, 7) is 23.6. The van der Waals surface area contributed by atoms with E-state index < -0.39 is 23.5 Å². The van der Waals surface area contributed by atoms with Gasteiger partial charge < -0.3 is 33.7 Å². The predicted octanol–water partition coefficient (Wildman–Crippen LogP) is 6.34. The van der Waals surface area contributed by atoms with Crippen LogP contribution in [0.1, 0.15) is 102 Å². The minimum absolute atomic E-state index is 0.0287. The molecule has 4 aromatic rings. The third-order valence-corrected chi connectivity index (χ3v) is 19.3. The van der Waals surface area contributed by atoms with Gasteiger partial charge in [0.15, 0.2) is 0 Å². The van der Waals surface area contributed by atoms with E-state index in [-0.39, 0.29) is 59.7 Å². The number of ether oxygens (including phenoxy) is 4. The number of piperazine rings is 1. The first-order valence-corrected chi connectivity index (χ1v) is 29.2. The molecule has 7 fully saturated rings. The molecule has 2 saturated carbocycles. The maximum Gasteiger partial charge on any atom is 0.324 e. The zero-order valence-electron chi connectivity index (χ0n) is 46.0. The second kappa shape index (κ2) is 20.6. The summed E-state index contributed by atoms with van der Waals surface area (Å²) >= 11 is 1.55. The largest absolute Gasteiger partial charge is 0.464 e. The Kier molecular flexibility index (Phi) is 14.1. The van der Waals surface area contributed by atoms with E-state index in [9.17, 15) is 9.59 Å². The van der Waals surface area contributed by atoms with Crippen molar-refractivity contribution < 1.29 is 33.3 Å². The van der Waals surface area contributed by atoms with Crippen molar-refractivity contribution in [2.24, 2.45) is 34.5 Å². The van der Waals surface area contributed by atoms with Gasteiger partial charge >= 0.3 is 5.97 Å². The van der Waals surface area contributed by atoms with E-state index in [0.29, 0.717) is 57.6 Å². The highest BCUT2D eigenvalue weighted by atomic mass is 32.1. The summed E-state index contributed by atoms with van der Waals surface area (Å²) in [6, 6.07) is 7.85. The number of hydrazine groups is 1. The number of methoxy groups -OCH3 is 2. The van der Waals surface area contributed by atoms with Crippen LogP contribution in [0.15, 0.2) is 35.8 Å². The summed E-state index contributed by atoms with van der Waals surface area (Å²) in [5, 5.41) is 8.98. The van der Waals surface area contributed by atoms with Gasteiger partial charge in [-0.15, -0.1) is 11.3 Å². The number of rotatable bonds is 13. The monoisotopic (exact) mass is 1060 g/mol. The number of carbonyl (C=O) groups is 3. The van der Waals surface area contributed by atoms with Crippen LogP contribution in [0.5, 0.6) is 0 Å². The van der Waals surface area contributed by atoms with E-state index in [0.717, 1.165) is 109 Å². The van der Waals surface area contributed by atoms with Crippen LogP contribution in [0.25, 0.3) is 33.4 Å². The van der Waals surface area contributed by atoms with Crippen molar-refractivity contribution in [1.82, 2.24) is 45.0 Å². The van der Waals surface area contributed by atoms with Gasteiger partial charge in [0, 0.05) is 130 Å². The Morgan fingerprint density at radius 2 is 1.75 bits per heavy atom. The quantitative estimate of drug-likeness (QED) is 0.143. The molecule has 0 radical (unpaired) electrons. The number of pyridine rings is 1. The van der Waals surface area contributed by atoms with Gasteiger partial charge in [-0.25, -0.2) is 10.4 Å². The molecule has 6 bridgehead atoms. The van der Waals surface area contributed by atoms with Crippen molar-refractivity contribution in [1.29, 1.82) is 0 Å². The fourth-order valence-corrected chi connectivity index (χ4v) is 14.8. The normalized spacial score (nSPS) is 28.7. The van der Waals surface area contributed by atoms with Crippen LogP contribution in [-0.4, -0.2) is 176 Å². The minimum atomic E-state index is -0.957. The van der Waals surface area contributed by atoms with Gasteiger partial charge in [0.05, 0.1) is 73.6 Å². The number of esters is 1. The van der Waals surface area contributed by atoms with E-state index in [2.05, 4.69) is 106 Å². The van der Waals surface area contributed by atoms with Gasteiger partial charge in [-0.1, -0.05) is 40.7 Å². The standard InChI is InChI=1S/C58H80N10O7S/c1-34(2)47-35(3)48(47)53(69)61-50-52(66-29-58(30-66)32-74-33-58)54-60-45(28-76-54)37-11-14-46-41(22-37)43(24-57(5,6)31-75-56(71)44-10-9-15-67(62-44)55(50)70)51(68(46)40-26-65(27-40)38-12-13-38)42-23-39(25-59-49(42)36(4)73-8)64-18-16-63(17-19-64)20-21-72-7/h11,14,22-23,25,28,34-36,38,40,44,47-48,50,52,62H,9-10,12-13,15-21,24,26-27,29-33H2,1-8H3,(H,61,69)/t35-,36-,44-,47+,48+,50-,52-/m0/s1. The fraction of sp³-hybridized carbons (Fsp3) is 0.672. The number of thiazole rings is 1. The second-order valence-corrected chi connectivity index (χ2v) is 25.9. The van der Waals surface area contributed by atoms with Gasteiger partial charge in [0.2, 0.25) is 5.91 Å². The van der Waals surface area contributed by atoms with E-state index >= 15 is 4.79 Å². The number of nitrogens with zero attached hydrogens (tertiary/aromatic N) is 8. The topological polar surface area (TPSA) is 159 Å². The van der Waals surface area contributed by atoms with E-state index in [1.54, 1.807) is 30.6 Å². The van der Waals surface area contributed by atoms with Gasteiger partial charge in [-0.3, -0.25) is 39.1 Å². The number of likely N-dealkylation sites (tertiary alicyclic amines) is 2. The first-order chi connectivity index (χ1) is 36.6. The Morgan fingerprint density at radius 3 is 2.43 bits per heavy atom. The third-order valence-electron chi connectivity index (χ3n) is 18.4. The molecule has 17 nitrogen and oxygen atoms in total. The minimum Gasteiger partial charge on any atom is -0.464 e. The van der Waals surface area contributed by atoms with Crippen molar-refractivity contribution in [3.63, 3.8) is 0 Å². The van der Waals surface area contributed by atoms with E-state index in [1.807, 2.05) is 6.20 Å². The molecule has 2 amide bonds. The lowest BCUT2D eigenvalue weighted by molar-refractivity contribution is -0.202. The molecule has 2 aliphatic carbocycles. The molecule has 76 heavy (non-hydrogen) atoms. The summed E-state index contributed by atoms with van der Waals surface area (Å²) in [6.07, 6.45) is 6.00. The fourth-order valence-electron chi connectivity index (χ4n) is 13.8. The lowest BCUT2D eigenvalue weighted by atomic mass is 9.76. The SMILES string of the molecule is COCCN1CCN(c2cnc([C@H](C)OC)c(-c3c4c5cc(ccc5n3C3CN(C5CC5)C3)-c3csc(n3)[C@@H](N3CC5(COC5)C3)[C@H](NC(=O)[C@@H]3[C@@H](C)[C@H]3C(C)C)C(=O)N3CCC[C@H](N3)C(=O)OCC(C)(C)C4)c2)CC1. The number of hydrogen-bond acceptors (Lipinski definition) is 15. The second-order valence-electron chi connectivity index (χ2n) is 25.0. The Bertz CT molecular complexity index is 2820. The molecular formula is C58H80N10O7S. The van der Waals surface area contributed by atoms with Crippen LogP contribution >= 0.6 is 11.3 Å². The number of benzene rings is 1. The third kappa shape index (κ3) is 9.78. The highest BCUT2D eigenvalue weighted by molar-refractivity contribution is 7.10. The zero-order chi connectivity index (χ0) is 52.8. The Hall–Kier alpha value is -4.53. The number of amides is 2. The average molecular weight is 1060 g/mol. The molecule has 3 aromatic heterocycles. The van der Waals surface area contributed by atoms with E-state index in [4.69, 9.17) is 28.9 Å². The maximum atomic E-state index is 15.3. The van der Waals surface area contributed by atoms with Crippen LogP contribution in [-0.2, 0) is 39.8 Å². The number of carbonyl (C=O) groups excluding carboxylic acids is 3. The molecule has 0 unspecified atom stereocenters. The highest BCUT2D eigenvalue weighted by Gasteiger charge is 2.57. The van der Waals surface area contributed by atoms with Crippen molar-refractivity contribution >= 4 is 45.7 Å². The lowest BCUT2D eigenvalue weighted by Gasteiger charge is -2.58. The summed E-state index contributed by atoms with van der Waals surface area (Å²) in [4.78, 5) is 65.0. The molecule has 1 spiro atoms. The molecule has 9 heterocycles. The Morgan fingerprint density at radius 1 is 0.974 bits per heavy atom. The Labute approximate surface area is 452 Å². The molecule has 7 atom stereocenters. The van der Waals surface area contributed by atoms with Crippen molar-refractivity contribution in [3.05, 3.63) is 52.1 Å². The number of hydrogen-bond donors (Lipinski definition) is 2. The first kappa shape index (κ1) is 52.2. The number of nitrogens with one attached hydrogen (secondary N) is 2. The number of anilines is 1. The van der Waals surface area contributed by atoms with Gasteiger partial charge in [0.1, 0.15) is 17.1 Å². The zero-order valence-corrected chi connectivity index (χ0v) is 46.8. The van der Waals surface area contributed by atoms with Crippen LogP contribution in [0.4, 0.5) is 5.69 Å². The smallest absolute Gasteiger partial charge is 0.324 e. The van der Waals surface area contributed by atoms with Crippen molar-refractivity contribution in [2.45, 2.75) is 110 Å². The Balaban J connectivity index is 1.00.